The molecule has 162 valence electrons. The number of ether oxygens (including phenoxy) is 1. The number of hydrogen-bond donors (Lipinski definition) is 2. The number of aryl methyl sites for hydroxylation is 1. The monoisotopic (exact) mass is 413 g/mol. The Bertz CT molecular complexity index is 813. The predicted octanol–water partition coefficient (Wildman–Crippen LogP) is 2.53. The van der Waals surface area contributed by atoms with Gasteiger partial charge in [-0.05, 0) is 30.7 Å². The van der Waals surface area contributed by atoms with Gasteiger partial charge in [-0.1, -0.05) is 43.3 Å². The molecular weight excluding hydrogens is 382 g/mol. The van der Waals surface area contributed by atoms with Gasteiger partial charge in [0.15, 0.2) is 0 Å². The van der Waals surface area contributed by atoms with E-state index in [1.165, 1.54) is 16.9 Å². The number of para-hydroxylation sites is 2. The molecule has 2 amide bonds. The molecule has 0 bridgehead atoms. The van der Waals surface area contributed by atoms with Gasteiger partial charge in [0.25, 0.3) is 0 Å². The molecule has 0 radical (unpaired) electrons. The summed E-state index contributed by atoms with van der Waals surface area (Å²) >= 11 is 0. The molecule has 0 fully saturated rings. The highest BCUT2D eigenvalue weighted by molar-refractivity contribution is 5.94. The number of amides is 2. The van der Waals surface area contributed by atoms with Crippen LogP contribution in [0.25, 0.3) is 0 Å². The van der Waals surface area contributed by atoms with Crippen molar-refractivity contribution in [3.8, 4) is 5.75 Å². The molecule has 2 aromatic carbocycles. The Balaban J connectivity index is 1.88. The van der Waals surface area contributed by atoms with Crippen LogP contribution in [0.2, 0.25) is 0 Å². The Morgan fingerprint density at radius 2 is 1.77 bits per heavy atom. The van der Waals surface area contributed by atoms with Gasteiger partial charge >= 0.3 is 0 Å². The molecule has 1 unspecified atom stereocenters. The van der Waals surface area contributed by atoms with Crippen LogP contribution >= 0.6 is 0 Å². The Morgan fingerprint density at radius 3 is 2.40 bits per heavy atom. The minimum atomic E-state index is -0.696. The third-order valence-corrected chi connectivity index (χ3v) is 4.54. The fraction of sp³-hybridized carbons (Fsp3) is 0.391. The Labute approximate surface area is 178 Å². The zero-order chi connectivity index (χ0) is 21.9. The Hall–Kier alpha value is -2.90. The number of hydrogen-bond acceptors (Lipinski definition) is 5. The van der Waals surface area contributed by atoms with E-state index in [0.29, 0.717) is 25.3 Å². The molecule has 0 aliphatic heterocycles. The van der Waals surface area contributed by atoms with Crippen molar-refractivity contribution in [2.45, 2.75) is 33.3 Å². The third kappa shape index (κ3) is 6.86. The van der Waals surface area contributed by atoms with Gasteiger partial charge in [0.1, 0.15) is 18.5 Å². The van der Waals surface area contributed by atoms with Crippen LogP contribution in [0, 0.1) is 6.92 Å². The fourth-order valence-corrected chi connectivity index (χ4v) is 3.00. The van der Waals surface area contributed by atoms with E-state index in [1.54, 1.807) is 19.1 Å². The SMILES string of the molecule is CCC(=O)N(CCNCC(O)COc1ccccc1C)N(C(C)=O)c1ccccc1. The minimum absolute atomic E-state index is 0.153. The molecule has 1 atom stereocenters. The highest BCUT2D eigenvalue weighted by Gasteiger charge is 2.24. The van der Waals surface area contributed by atoms with Gasteiger partial charge < -0.3 is 15.2 Å². The molecule has 2 aromatic rings. The van der Waals surface area contributed by atoms with Crippen LogP contribution in [0.4, 0.5) is 5.69 Å². The second-order valence-electron chi connectivity index (χ2n) is 6.97. The van der Waals surface area contributed by atoms with Gasteiger partial charge in [-0.15, -0.1) is 0 Å². The topological polar surface area (TPSA) is 82.1 Å². The molecule has 0 aliphatic carbocycles. The average molecular weight is 414 g/mol. The van der Waals surface area contributed by atoms with Crippen molar-refractivity contribution in [1.29, 1.82) is 0 Å². The molecule has 2 rings (SSSR count). The minimum Gasteiger partial charge on any atom is -0.491 e. The zero-order valence-electron chi connectivity index (χ0n) is 17.9. The van der Waals surface area contributed by atoms with Crippen molar-refractivity contribution in [3.63, 3.8) is 0 Å². The highest BCUT2D eigenvalue weighted by Crippen LogP contribution is 2.17. The number of aliphatic hydroxyl groups excluding tert-OH is 1. The van der Waals surface area contributed by atoms with E-state index in [4.69, 9.17) is 4.74 Å². The lowest BCUT2D eigenvalue weighted by atomic mass is 10.2. The van der Waals surface area contributed by atoms with Crippen LogP contribution in [-0.4, -0.2) is 54.3 Å². The smallest absolute Gasteiger partial charge is 0.242 e. The maximum Gasteiger partial charge on any atom is 0.242 e. The van der Waals surface area contributed by atoms with Gasteiger partial charge in [-0.3, -0.25) is 9.59 Å². The number of nitrogens with zero attached hydrogens (tertiary/aromatic N) is 2. The van der Waals surface area contributed by atoms with Gasteiger partial charge in [0.2, 0.25) is 11.8 Å². The number of nitrogens with one attached hydrogen (secondary N) is 1. The molecule has 2 N–H and O–H groups in total. The molecule has 0 spiro atoms. The lowest BCUT2D eigenvalue weighted by molar-refractivity contribution is -0.136. The normalized spacial score (nSPS) is 11.6. The van der Waals surface area contributed by atoms with E-state index in [2.05, 4.69) is 5.32 Å². The van der Waals surface area contributed by atoms with Crippen molar-refractivity contribution in [3.05, 3.63) is 60.2 Å². The van der Waals surface area contributed by atoms with E-state index >= 15 is 0 Å². The Morgan fingerprint density at radius 1 is 1.10 bits per heavy atom. The van der Waals surface area contributed by atoms with E-state index in [9.17, 15) is 14.7 Å². The van der Waals surface area contributed by atoms with Crippen LogP contribution in [-0.2, 0) is 9.59 Å². The molecule has 0 heterocycles. The average Bonchev–Trinajstić information content (AvgIpc) is 2.75. The molecule has 0 saturated heterocycles. The second-order valence-corrected chi connectivity index (χ2v) is 6.97. The van der Waals surface area contributed by atoms with Gasteiger partial charge in [-0.2, -0.15) is 0 Å². The van der Waals surface area contributed by atoms with E-state index < -0.39 is 6.10 Å². The van der Waals surface area contributed by atoms with Crippen molar-refractivity contribution < 1.29 is 19.4 Å². The Kier molecular flexibility index (Phi) is 9.31. The van der Waals surface area contributed by atoms with Crippen LogP contribution in [0.3, 0.4) is 0 Å². The first-order valence-electron chi connectivity index (χ1n) is 10.2. The molecule has 30 heavy (non-hydrogen) atoms. The number of carbonyl (C=O) groups is 2. The number of rotatable bonds is 10. The van der Waals surface area contributed by atoms with Gasteiger partial charge in [0.05, 0.1) is 12.2 Å². The molecule has 7 nitrogen and oxygen atoms in total. The summed E-state index contributed by atoms with van der Waals surface area (Å²) in [5.74, 6) is 0.352. The summed E-state index contributed by atoms with van der Waals surface area (Å²) in [6, 6.07) is 16.7. The molecule has 0 aliphatic rings. The van der Waals surface area contributed by atoms with E-state index in [1.807, 2.05) is 49.4 Å². The first-order chi connectivity index (χ1) is 14.4. The maximum absolute atomic E-state index is 12.5. The third-order valence-electron chi connectivity index (χ3n) is 4.54. The second kappa shape index (κ2) is 11.9. The summed E-state index contributed by atoms with van der Waals surface area (Å²) in [6.07, 6.45) is -0.415. The fourth-order valence-electron chi connectivity index (χ4n) is 3.00. The highest BCUT2D eigenvalue weighted by atomic mass is 16.5. The zero-order valence-corrected chi connectivity index (χ0v) is 17.9. The van der Waals surface area contributed by atoms with Crippen LogP contribution in [0.1, 0.15) is 25.8 Å². The van der Waals surface area contributed by atoms with Crippen LogP contribution in [0.15, 0.2) is 54.6 Å². The van der Waals surface area contributed by atoms with Crippen molar-refractivity contribution in [2.24, 2.45) is 0 Å². The number of hydrazine groups is 1. The summed E-state index contributed by atoms with van der Waals surface area (Å²) < 4.78 is 5.65. The largest absolute Gasteiger partial charge is 0.491 e. The lowest BCUT2D eigenvalue weighted by Gasteiger charge is -2.34. The van der Waals surface area contributed by atoms with Crippen molar-refractivity contribution in [2.75, 3.05) is 31.3 Å². The van der Waals surface area contributed by atoms with Gasteiger partial charge in [-0.25, -0.2) is 10.0 Å². The predicted molar refractivity (Wildman–Crippen MR) is 117 cm³/mol. The maximum atomic E-state index is 12.5. The first kappa shape index (κ1) is 23.4. The summed E-state index contributed by atoms with van der Waals surface area (Å²) in [5.41, 5.74) is 1.65. The number of anilines is 1. The summed E-state index contributed by atoms with van der Waals surface area (Å²) in [5, 5.41) is 16.1. The first-order valence-corrected chi connectivity index (χ1v) is 10.2. The van der Waals surface area contributed by atoms with E-state index in [-0.39, 0.29) is 24.8 Å². The lowest BCUT2D eigenvalue weighted by Crippen LogP contribution is -2.52. The van der Waals surface area contributed by atoms with Crippen LogP contribution in [0.5, 0.6) is 5.75 Å². The van der Waals surface area contributed by atoms with Crippen molar-refractivity contribution in [1.82, 2.24) is 10.3 Å². The van der Waals surface area contributed by atoms with Crippen molar-refractivity contribution >= 4 is 17.5 Å². The van der Waals surface area contributed by atoms with Crippen LogP contribution < -0.4 is 15.1 Å². The molecule has 7 heteroatoms. The number of aliphatic hydroxyl groups is 1. The summed E-state index contributed by atoms with van der Waals surface area (Å²) in [4.78, 5) is 24.7. The molecule has 0 aromatic heterocycles. The molecular formula is C23H31N3O4. The van der Waals surface area contributed by atoms with Gasteiger partial charge in [0, 0.05) is 26.4 Å². The number of benzene rings is 2. The summed E-state index contributed by atoms with van der Waals surface area (Å²) in [6.45, 7) is 6.34. The summed E-state index contributed by atoms with van der Waals surface area (Å²) in [7, 11) is 0. The standard InChI is InChI=1S/C23H31N3O4/c1-4-23(29)25(26(19(3)27)20-11-6-5-7-12-20)15-14-24-16-21(28)17-30-22-13-9-8-10-18(22)2/h5-13,21,24,28H,4,14-17H2,1-3H3. The quantitative estimate of drug-likeness (QED) is 0.462. The molecule has 0 saturated carbocycles. The number of carbonyl (C=O) groups excluding carboxylic acids is 2. The van der Waals surface area contributed by atoms with E-state index in [0.717, 1.165) is 11.3 Å².